The summed E-state index contributed by atoms with van der Waals surface area (Å²) < 4.78 is 0. The smallest absolute Gasteiger partial charge is 0.188 e. The number of aliphatic imine (C=N–C) groups is 1. The molecule has 2 heterocycles. The van der Waals surface area contributed by atoms with Crippen molar-refractivity contribution in [1.29, 1.82) is 0 Å². The molecule has 1 saturated carbocycles. The van der Waals surface area contributed by atoms with Crippen LogP contribution in [0.5, 0.6) is 0 Å². The van der Waals surface area contributed by atoms with E-state index in [2.05, 4.69) is 57.2 Å². The van der Waals surface area contributed by atoms with Crippen LogP contribution in [0.2, 0.25) is 0 Å². The Morgan fingerprint density at radius 2 is 2.11 bits per heavy atom. The van der Waals surface area contributed by atoms with Crippen molar-refractivity contribution in [2.24, 2.45) is 10.7 Å². The Kier molecular flexibility index (Phi) is 7.47. The predicted octanol–water partition coefficient (Wildman–Crippen LogP) is 4.25. The van der Waals surface area contributed by atoms with Crippen LogP contribution >= 0.6 is 47.1 Å². The number of halogens is 1. The molecule has 3 N–H and O–H groups in total. The zero-order valence-corrected chi connectivity index (χ0v) is 19.5. The van der Waals surface area contributed by atoms with E-state index in [0.29, 0.717) is 18.5 Å². The van der Waals surface area contributed by atoms with Gasteiger partial charge in [0.15, 0.2) is 5.96 Å². The molecule has 27 heavy (non-hydrogen) atoms. The quantitative estimate of drug-likeness (QED) is 0.262. The molecule has 0 bridgehead atoms. The van der Waals surface area contributed by atoms with Gasteiger partial charge in [-0.15, -0.1) is 47.1 Å². The van der Waals surface area contributed by atoms with Gasteiger partial charge in [-0.3, -0.25) is 9.89 Å². The van der Waals surface area contributed by atoms with Gasteiger partial charge in [0, 0.05) is 28.9 Å². The van der Waals surface area contributed by atoms with E-state index < -0.39 is 0 Å². The highest BCUT2D eigenvalue weighted by Gasteiger charge is 2.26. The van der Waals surface area contributed by atoms with E-state index in [-0.39, 0.29) is 30.0 Å². The minimum atomic E-state index is 0. The van der Waals surface area contributed by atoms with Gasteiger partial charge in [0.25, 0.3) is 0 Å². The average Bonchev–Trinajstić information content (AvgIpc) is 3.35. The Morgan fingerprint density at radius 3 is 2.81 bits per heavy atom. The van der Waals surface area contributed by atoms with Crippen LogP contribution in [0.25, 0.3) is 0 Å². The number of hydrogen-bond donors (Lipinski definition) is 2. The summed E-state index contributed by atoms with van der Waals surface area (Å²) >= 11 is 3.66. The summed E-state index contributed by atoms with van der Waals surface area (Å²) in [5.74, 6) is 0.589. The third-order valence-corrected chi connectivity index (χ3v) is 6.91. The van der Waals surface area contributed by atoms with Crippen molar-refractivity contribution < 1.29 is 0 Å². The lowest BCUT2D eigenvalue weighted by Gasteiger charge is -2.34. The molecule has 1 aliphatic heterocycles. The van der Waals surface area contributed by atoms with Gasteiger partial charge < -0.3 is 11.1 Å². The molecule has 0 radical (unpaired) electrons. The van der Waals surface area contributed by atoms with Gasteiger partial charge in [-0.1, -0.05) is 12.1 Å². The summed E-state index contributed by atoms with van der Waals surface area (Å²) in [7, 11) is 0. The number of hydrogen-bond acceptors (Lipinski definition) is 4. The molecule has 0 amide bonds. The van der Waals surface area contributed by atoms with Crippen molar-refractivity contribution in [1.82, 2.24) is 10.2 Å². The van der Waals surface area contributed by atoms with Crippen LogP contribution in [0.15, 0.2) is 45.6 Å². The molecule has 146 valence electrons. The SMILES string of the molecule is CSc1ccc(C(CN=C(N)NC2CC2)N2CCc3sccc3C2)cc1.I. The van der Waals surface area contributed by atoms with Crippen LogP contribution in [0, 0.1) is 0 Å². The second kappa shape index (κ2) is 9.62. The second-order valence-electron chi connectivity index (χ2n) is 7.02. The molecular weight excluding hydrogens is 487 g/mol. The molecule has 1 unspecified atom stereocenters. The fraction of sp³-hybridized carbons (Fsp3) is 0.450. The molecule has 2 aromatic rings. The van der Waals surface area contributed by atoms with Crippen molar-refractivity contribution in [3.63, 3.8) is 0 Å². The lowest BCUT2D eigenvalue weighted by Crippen LogP contribution is -2.37. The molecule has 4 rings (SSSR count). The maximum absolute atomic E-state index is 6.09. The molecule has 0 spiro atoms. The number of guanidine groups is 1. The minimum Gasteiger partial charge on any atom is -0.370 e. The highest BCUT2D eigenvalue weighted by Crippen LogP contribution is 2.31. The first-order valence-corrected chi connectivity index (χ1v) is 11.3. The topological polar surface area (TPSA) is 53.6 Å². The fourth-order valence-electron chi connectivity index (χ4n) is 3.46. The number of thiophene rings is 1. The van der Waals surface area contributed by atoms with E-state index in [1.54, 1.807) is 11.8 Å². The Labute approximate surface area is 187 Å². The van der Waals surface area contributed by atoms with E-state index >= 15 is 0 Å². The molecule has 2 aliphatic rings. The molecule has 1 atom stereocenters. The number of thioether (sulfide) groups is 1. The zero-order chi connectivity index (χ0) is 17.9. The van der Waals surface area contributed by atoms with E-state index in [0.717, 1.165) is 19.5 Å². The van der Waals surface area contributed by atoms with Crippen molar-refractivity contribution in [2.75, 3.05) is 19.3 Å². The Morgan fingerprint density at radius 1 is 1.33 bits per heavy atom. The lowest BCUT2D eigenvalue weighted by atomic mass is 10.0. The summed E-state index contributed by atoms with van der Waals surface area (Å²) in [6, 6.07) is 12.0. The van der Waals surface area contributed by atoms with E-state index in [1.807, 2.05) is 11.3 Å². The van der Waals surface area contributed by atoms with Crippen molar-refractivity contribution in [3.8, 4) is 0 Å². The van der Waals surface area contributed by atoms with Crippen molar-refractivity contribution in [3.05, 3.63) is 51.7 Å². The number of rotatable bonds is 6. The summed E-state index contributed by atoms with van der Waals surface area (Å²) in [5.41, 5.74) is 8.89. The Hall–Kier alpha value is -0.770. The van der Waals surface area contributed by atoms with Gasteiger partial charge in [0.2, 0.25) is 0 Å². The van der Waals surface area contributed by atoms with Crippen LogP contribution in [0.4, 0.5) is 0 Å². The molecule has 1 aromatic carbocycles. The third kappa shape index (κ3) is 5.40. The maximum Gasteiger partial charge on any atom is 0.188 e. The monoisotopic (exact) mass is 514 g/mol. The number of fused-ring (bicyclic) bond motifs is 1. The Bertz CT molecular complexity index is 771. The van der Waals surface area contributed by atoms with E-state index in [4.69, 9.17) is 5.73 Å². The van der Waals surface area contributed by atoms with Crippen LogP contribution < -0.4 is 11.1 Å². The van der Waals surface area contributed by atoms with Gasteiger partial charge in [-0.25, -0.2) is 0 Å². The van der Waals surface area contributed by atoms with Crippen LogP contribution in [0.1, 0.15) is 34.9 Å². The van der Waals surface area contributed by atoms with Gasteiger partial charge in [-0.05, 0) is 60.2 Å². The highest BCUT2D eigenvalue weighted by atomic mass is 127. The van der Waals surface area contributed by atoms with Gasteiger partial charge in [-0.2, -0.15) is 0 Å². The molecule has 1 aliphatic carbocycles. The molecular formula is C20H27IN4S2. The largest absolute Gasteiger partial charge is 0.370 e. The Balaban J connectivity index is 0.00000210. The molecule has 1 aromatic heterocycles. The van der Waals surface area contributed by atoms with Crippen molar-refractivity contribution in [2.45, 2.75) is 42.8 Å². The summed E-state index contributed by atoms with van der Waals surface area (Å²) in [5, 5.41) is 5.52. The predicted molar refractivity (Wildman–Crippen MR) is 127 cm³/mol. The minimum absolute atomic E-state index is 0. The third-order valence-electron chi connectivity index (χ3n) is 5.14. The first-order chi connectivity index (χ1) is 12.7. The molecule has 4 nitrogen and oxygen atoms in total. The van der Waals surface area contributed by atoms with Crippen molar-refractivity contribution >= 4 is 53.0 Å². The van der Waals surface area contributed by atoms with Crippen LogP contribution in [-0.2, 0) is 13.0 Å². The van der Waals surface area contributed by atoms with Gasteiger partial charge >= 0.3 is 0 Å². The first kappa shape index (κ1) is 21.0. The molecule has 7 heteroatoms. The number of nitrogens with zero attached hydrogens (tertiary/aromatic N) is 2. The normalized spacial score (nSPS) is 18.5. The van der Waals surface area contributed by atoms with Gasteiger partial charge in [0.05, 0.1) is 12.6 Å². The van der Waals surface area contributed by atoms with Crippen LogP contribution in [-0.4, -0.2) is 36.2 Å². The maximum atomic E-state index is 6.09. The number of nitrogens with two attached hydrogens (primary N) is 1. The van der Waals surface area contributed by atoms with Crippen LogP contribution in [0.3, 0.4) is 0 Å². The highest BCUT2D eigenvalue weighted by molar-refractivity contribution is 14.0. The summed E-state index contributed by atoms with van der Waals surface area (Å²) in [6.07, 6.45) is 5.67. The molecule has 1 fully saturated rings. The average molecular weight is 515 g/mol. The standard InChI is InChI=1S/C20H26N4S2.HI/c1-25-17-6-2-14(3-7-17)18(12-22-20(21)23-16-4-5-16)24-10-8-19-15(13-24)9-11-26-19;/h2-3,6-7,9,11,16,18H,4-5,8,10,12-13H2,1H3,(H3,21,22,23);1H. The van der Waals surface area contributed by atoms with E-state index in [1.165, 1.54) is 33.7 Å². The number of benzene rings is 1. The lowest BCUT2D eigenvalue weighted by molar-refractivity contribution is 0.185. The zero-order valence-electron chi connectivity index (χ0n) is 15.6. The molecule has 0 saturated heterocycles. The summed E-state index contributed by atoms with van der Waals surface area (Å²) in [4.78, 5) is 10.1. The summed E-state index contributed by atoms with van der Waals surface area (Å²) in [6.45, 7) is 2.77. The number of nitrogens with one attached hydrogen (secondary N) is 1. The van der Waals surface area contributed by atoms with Gasteiger partial charge in [0.1, 0.15) is 0 Å². The first-order valence-electron chi connectivity index (χ1n) is 9.22. The second-order valence-corrected chi connectivity index (χ2v) is 8.90. The van der Waals surface area contributed by atoms with E-state index in [9.17, 15) is 0 Å². The fourth-order valence-corrected chi connectivity index (χ4v) is 4.76.